The SMILES string of the molecule is Clc1ccccc1C=C1CCCC2C1=NNC2c1cccs1. The first-order valence-corrected chi connectivity index (χ1v) is 8.90. The second-order valence-electron chi connectivity index (χ2n) is 5.81. The topological polar surface area (TPSA) is 24.4 Å². The van der Waals surface area contributed by atoms with Gasteiger partial charge in [-0.3, -0.25) is 0 Å². The first-order chi connectivity index (χ1) is 10.8. The zero-order chi connectivity index (χ0) is 14.9. The van der Waals surface area contributed by atoms with Crippen molar-refractivity contribution in [3.05, 3.63) is 62.8 Å². The highest BCUT2D eigenvalue weighted by Crippen LogP contribution is 2.40. The largest absolute Gasteiger partial charge is 0.301 e. The van der Waals surface area contributed by atoms with Gasteiger partial charge in [0.1, 0.15) is 0 Å². The van der Waals surface area contributed by atoms with Crippen LogP contribution in [0, 0.1) is 5.92 Å². The number of fused-ring (bicyclic) bond motifs is 1. The summed E-state index contributed by atoms with van der Waals surface area (Å²) in [5.74, 6) is 0.487. The number of rotatable bonds is 2. The summed E-state index contributed by atoms with van der Waals surface area (Å²) in [4.78, 5) is 1.38. The van der Waals surface area contributed by atoms with Gasteiger partial charge in [0.25, 0.3) is 0 Å². The summed E-state index contributed by atoms with van der Waals surface area (Å²) in [6.07, 6.45) is 5.71. The maximum absolute atomic E-state index is 6.30. The van der Waals surface area contributed by atoms with Crippen molar-refractivity contribution < 1.29 is 0 Å². The van der Waals surface area contributed by atoms with E-state index in [0.29, 0.717) is 12.0 Å². The van der Waals surface area contributed by atoms with E-state index in [0.717, 1.165) is 17.0 Å². The van der Waals surface area contributed by atoms with Crippen LogP contribution in [-0.2, 0) is 0 Å². The van der Waals surface area contributed by atoms with Gasteiger partial charge in [0.05, 0.1) is 11.8 Å². The van der Waals surface area contributed by atoms with Crippen LogP contribution in [0.25, 0.3) is 6.08 Å². The predicted octanol–water partition coefficient (Wildman–Crippen LogP) is 5.29. The van der Waals surface area contributed by atoms with Crippen molar-refractivity contribution in [2.75, 3.05) is 0 Å². The Hall–Kier alpha value is -1.58. The second-order valence-corrected chi connectivity index (χ2v) is 7.20. The van der Waals surface area contributed by atoms with E-state index in [1.807, 2.05) is 29.5 Å². The lowest BCUT2D eigenvalue weighted by atomic mass is 9.79. The Morgan fingerprint density at radius 1 is 1.23 bits per heavy atom. The minimum absolute atomic E-state index is 0.338. The number of allylic oxidation sites excluding steroid dienone is 1. The fraction of sp³-hybridized carbons (Fsp3) is 0.278. The lowest BCUT2D eigenvalue weighted by Crippen LogP contribution is -2.24. The third kappa shape index (κ3) is 2.49. The van der Waals surface area contributed by atoms with Crippen molar-refractivity contribution in [2.24, 2.45) is 11.0 Å². The number of thiophene rings is 1. The van der Waals surface area contributed by atoms with Crippen LogP contribution < -0.4 is 5.43 Å². The van der Waals surface area contributed by atoms with E-state index in [4.69, 9.17) is 11.6 Å². The minimum Gasteiger partial charge on any atom is -0.301 e. The number of nitrogens with one attached hydrogen (secondary N) is 1. The second kappa shape index (κ2) is 5.90. The predicted molar refractivity (Wildman–Crippen MR) is 94.4 cm³/mol. The molecule has 2 heterocycles. The molecule has 2 aromatic rings. The highest BCUT2D eigenvalue weighted by Gasteiger charge is 2.37. The van der Waals surface area contributed by atoms with E-state index < -0.39 is 0 Å². The van der Waals surface area contributed by atoms with Gasteiger partial charge >= 0.3 is 0 Å². The highest BCUT2D eigenvalue weighted by molar-refractivity contribution is 7.10. The van der Waals surface area contributed by atoms with Crippen molar-refractivity contribution in [2.45, 2.75) is 25.3 Å². The molecule has 2 nitrogen and oxygen atoms in total. The Kier molecular flexibility index (Phi) is 3.77. The van der Waals surface area contributed by atoms with E-state index in [1.165, 1.54) is 29.0 Å². The number of hydrazone groups is 1. The molecule has 1 fully saturated rings. The number of halogens is 1. The molecule has 2 unspecified atom stereocenters. The molecular weight excluding hydrogens is 312 g/mol. The number of hydrogen-bond donors (Lipinski definition) is 1. The number of benzene rings is 1. The molecule has 4 rings (SSSR count). The van der Waals surface area contributed by atoms with Gasteiger partial charge in [0.15, 0.2) is 0 Å². The van der Waals surface area contributed by atoms with Crippen LogP contribution >= 0.6 is 22.9 Å². The molecule has 4 heteroatoms. The van der Waals surface area contributed by atoms with Crippen LogP contribution in [0.2, 0.25) is 5.02 Å². The Labute approximate surface area is 139 Å². The van der Waals surface area contributed by atoms with Gasteiger partial charge in [-0.1, -0.05) is 35.9 Å². The molecule has 0 amide bonds. The summed E-state index contributed by atoms with van der Waals surface area (Å²) in [7, 11) is 0. The zero-order valence-corrected chi connectivity index (χ0v) is 13.7. The van der Waals surface area contributed by atoms with E-state index in [1.54, 1.807) is 0 Å². The molecule has 1 aromatic heterocycles. The fourth-order valence-electron chi connectivity index (χ4n) is 3.38. The van der Waals surface area contributed by atoms with Crippen LogP contribution in [0.15, 0.2) is 52.5 Å². The molecule has 1 aliphatic carbocycles. The summed E-state index contributed by atoms with van der Waals surface area (Å²) >= 11 is 8.11. The molecule has 1 N–H and O–H groups in total. The van der Waals surface area contributed by atoms with Crippen molar-refractivity contribution in [1.82, 2.24) is 5.43 Å². The lowest BCUT2D eigenvalue weighted by molar-refractivity contribution is 0.457. The average Bonchev–Trinajstić information content (AvgIpc) is 3.18. The number of nitrogens with zero attached hydrogens (tertiary/aromatic N) is 1. The van der Waals surface area contributed by atoms with Crippen LogP contribution in [-0.4, -0.2) is 5.71 Å². The van der Waals surface area contributed by atoms with E-state index in [9.17, 15) is 0 Å². The quantitative estimate of drug-likeness (QED) is 0.796. The van der Waals surface area contributed by atoms with Crippen molar-refractivity contribution in [3.63, 3.8) is 0 Å². The Morgan fingerprint density at radius 3 is 2.95 bits per heavy atom. The van der Waals surface area contributed by atoms with Gasteiger partial charge in [-0.25, -0.2) is 0 Å². The highest BCUT2D eigenvalue weighted by atomic mass is 35.5. The van der Waals surface area contributed by atoms with Crippen LogP contribution in [0.5, 0.6) is 0 Å². The summed E-state index contributed by atoms with van der Waals surface area (Å²) < 4.78 is 0. The molecule has 2 atom stereocenters. The molecule has 1 aromatic carbocycles. The van der Waals surface area contributed by atoms with E-state index in [-0.39, 0.29) is 0 Å². The van der Waals surface area contributed by atoms with Gasteiger partial charge in [0.2, 0.25) is 0 Å². The van der Waals surface area contributed by atoms with Crippen LogP contribution in [0.4, 0.5) is 0 Å². The first-order valence-electron chi connectivity index (χ1n) is 7.65. The molecule has 112 valence electrons. The first kappa shape index (κ1) is 14.0. The Bertz CT molecular complexity index is 733. The van der Waals surface area contributed by atoms with Gasteiger partial charge in [-0.05, 0) is 54.0 Å². The third-order valence-electron chi connectivity index (χ3n) is 4.45. The third-order valence-corrected chi connectivity index (χ3v) is 5.75. The maximum atomic E-state index is 6.30. The molecule has 0 saturated heterocycles. The minimum atomic E-state index is 0.338. The average molecular weight is 329 g/mol. The standard InChI is InChI=1S/C18H17ClN2S/c19-15-8-2-1-5-12(15)11-13-6-3-7-14-17(13)20-21-18(14)16-9-4-10-22-16/h1-2,4-5,8-11,14,18,21H,3,6-7H2. The molecule has 0 bridgehead atoms. The van der Waals surface area contributed by atoms with Crippen LogP contribution in [0.3, 0.4) is 0 Å². The molecule has 1 aliphatic heterocycles. The van der Waals surface area contributed by atoms with Crippen molar-refractivity contribution >= 4 is 34.7 Å². The van der Waals surface area contributed by atoms with E-state index in [2.05, 4.69) is 40.2 Å². The Morgan fingerprint density at radius 2 is 2.14 bits per heavy atom. The van der Waals surface area contributed by atoms with Gasteiger partial charge in [-0.2, -0.15) is 5.10 Å². The summed E-state index contributed by atoms with van der Waals surface area (Å²) in [6.45, 7) is 0. The van der Waals surface area contributed by atoms with Crippen molar-refractivity contribution in [1.29, 1.82) is 0 Å². The smallest absolute Gasteiger partial charge is 0.0865 e. The van der Waals surface area contributed by atoms with Gasteiger partial charge in [0, 0.05) is 15.8 Å². The number of hydrogen-bond acceptors (Lipinski definition) is 3. The van der Waals surface area contributed by atoms with E-state index >= 15 is 0 Å². The molecule has 22 heavy (non-hydrogen) atoms. The monoisotopic (exact) mass is 328 g/mol. The van der Waals surface area contributed by atoms with Gasteiger partial charge < -0.3 is 5.43 Å². The molecule has 0 spiro atoms. The van der Waals surface area contributed by atoms with Crippen LogP contribution in [0.1, 0.15) is 35.7 Å². The summed E-state index contributed by atoms with van der Waals surface area (Å²) in [6, 6.07) is 12.7. The molecule has 2 aliphatic rings. The summed E-state index contributed by atoms with van der Waals surface area (Å²) in [5, 5.41) is 7.61. The lowest BCUT2D eigenvalue weighted by Gasteiger charge is -2.25. The molecule has 0 radical (unpaired) electrons. The normalized spacial score (nSPS) is 25.7. The van der Waals surface area contributed by atoms with Crippen molar-refractivity contribution in [3.8, 4) is 0 Å². The molecule has 1 saturated carbocycles. The Balaban J connectivity index is 1.65. The summed E-state index contributed by atoms with van der Waals surface area (Å²) in [5.41, 5.74) is 7.00. The zero-order valence-electron chi connectivity index (χ0n) is 12.1. The van der Waals surface area contributed by atoms with Gasteiger partial charge in [-0.15, -0.1) is 11.3 Å². The maximum Gasteiger partial charge on any atom is 0.0865 e. The fourth-order valence-corrected chi connectivity index (χ4v) is 4.41. The molecular formula is C18H17ClN2S.